The van der Waals surface area contributed by atoms with Gasteiger partial charge >= 0.3 is 12.2 Å². The normalized spacial score (nSPS) is 11.3. The highest BCUT2D eigenvalue weighted by Crippen LogP contribution is 2.11. The van der Waals surface area contributed by atoms with Crippen LogP contribution in [0, 0.1) is 0 Å². The summed E-state index contributed by atoms with van der Waals surface area (Å²) < 4.78 is 16.8. The van der Waals surface area contributed by atoms with Gasteiger partial charge in [0.1, 0.15) is 18.5 Å². The van der Waals surface area contributed by atoms with Crippen LogP contribution in [0.15, 0.2) is 24.8 Å². The van der Waals surface area contributed by atoms with Crippen LogP contribution in [0.5, 0.6) is 0 Å². The third-order valence-electron chi connectivity index (χ3n) is 2.91. The van der Waals surface area contributed by atoms with E-state index in [2.05, 4.69) is 15.3 Å². The Labute approximate surface area is 145 Å². The quantitative estimate of drug-likeness (QED) is 0.794. The molecule has 0 aliphatic rings. The Balaban J connectivity index is 1.60. The first-order chi connectivity index (χ1) is 11.9. The number of ether oxygens (including phenoxy) is 3. The van der Waals surface area contributed by atoms with E-state index in [1.807, 2.05) is 0 Å². The molecule has 2 rings (SSSR count). The Morgan fingerprint density at radius 1 is 1.24 bits per heavy atom. The summed E-state index contributed by atoms with van der Waals surface area (Å²) in [6.07, 6.45) is 3.53. The number of carbonyl (C=O) groups excluding carboxylic acids is 2. The maximum absolute atomic E-state index is 12.0. The summed E-state index contributed by atoms with van der Waals surface area (Å²) >= 11 is 0. The largest absolute Gasteiger partial charge is 0.446 e. The summed E-state index contributed by atoms with van der Waals surface area (Å²) in [6.45, 7) is 6.27. The summed E-state index contributed by atoms with van der Waals surface area (Å²) in [4.78, 5) is 31.3. The molecule has 0 radical (unpaired) electrons. The van der Waals surface area contributed by atoms with Crippen molar-refractivity contribution in [2.45, 2.75) is 26.4 Å². The molecular weight excluding hydrogens is 328 g/mol. The van der Waals surface area contributed by atoms with Gasteiger partial charge in [-0.05, 0) is 26.8 Å². The van der Waals surface area contributed by atoms with Gasteiger partial charge in [-0.2, -0.15) is 0 Å². The third-order valence-corrected chi connectivity index (χ3v) is 2.91. The molecule has 0 unspecified atom stereocenters. The Morgan fingerprint density at radius 2 is 2.04 bits per heavy atom. The van der Waals surface area contributed by atoms with E-state index < -0.39 is 17.8 Å². The van der Waals surface area contributed by atoms with Crippen LogP contribution in [-0.2, 0) is 14.2 Å². The van der Waals surface area contributed by atoms with Gasteiger partial charge in [0, 0.05) is 24.3 Å². The lowest BCUT2D eigenvalue weighted by atomic mass is 10.2. The van der Waals surface area contributed by atoms with Gasteiger partial charge in [-0.3, -0.25) is 0 Å². The Hall–Kier alpha value is -2.68. The van der Waals surface area contributed by atoms with Crippen molar-refractivity contribution in [2.75, 3.05) is 26.4 Å². The second kappa shape index (κ2) is 8.43. The Bertz CT molecular complexity index is 723. The van der Waals surface area contributed by atoms with Crippen LogP contribution in [0.25, 0.3) is 11.0 Å². The summed E-state index contributed by atoms with van der Waals surface area (Å²) in [5, 5.41) is 3.32. The molecule has 0 aliphatic heterocycles. The number of amides is 1. The number of rotatable bonds is 6. The van der Waals surface area contributed by atoms with Crippen LogP contribution in [0.3, 0.4) is 0 Å². The molecule has 1 N–H and O–H groups in total. The molecule has 0 spiro atoms. The van der Waals surface area contributed by atoms with Gasteiger partial charge < -0.3 is 19.5 Å². The van der Waals surface area contributed by atoms with Crippen LogP contribution in [-0.4, -0.2) is 58.7 Å². The van der Waals surface area contributed by atoms with E-state index in [0.717, 1.165) is 5.39 Å². The first-order valence-corrected chi connectivity index (χ1v) is 7.85. The van der Waals surface area contributed by atoms with Gasteiger partial charge in [0.25, 0.3) is 0 Å². The van der Waals surface area contributed by atoms with Gasteiger partial charge in [-0.15, -0.1) is 0 Å². The predicted octanol–water partition coefficient (Wildman–Crippen LogP) is 1.96. The number of nitrogens with one attached hydrogen (secondary N) is 1. The number of hydrogen-bond donors (Lipinski definition) is 1. The lowest BCUT2D eigenvalue weighted by Gasteiger charge is -2.19. The fraction of sp³-hybridized carbons (Fsp3) is 0.500. The number of alkyl carbamates (subject to hydrolysis) is 1. The molecule has 0 fully saturated rings. The lowest BCUT2D eigenvalue weighted by molar-refractivity contribution is 0.0474. The van der Waals surface area contributed by atoms with Crippen molar-refractivity contribution in [1.29, 1.82) is 0 Å². The minimum atomic E-state index is -0.538. The first kappa shape index (κ1) is 18.7. The molecule has 2 aromatic heterocycles. The molecule has 0 bridgehead atoms. The maximum Gasteiger partial charge on any atom is 0.419 e. The van der Waals surface area contributed by atoms with Gasteiger partial charge in [0.05, 0.1) is 13.2 Å². The van der Waals surface area contributed by atoms with E-state index in [1.165, 1.54) is 10.9 Å². The van der Waals surface area contributed by atoms with Crippen LogP contribution in [0.2, 0.25) is 0 Å². The second-order valence-corrected chi connectivity index (χ2v) is 6.14. The Morgan fingerprint density at radius 3 is 2.80 bits per heavy atom. The number of aromatic nitrogens is 3. The number of carbonyl (C=O) groups is 2. The van der Waals surface area contributed by atoms with E-state index in [9.17, 15) is 9.59 Å². The predicted molar refractivity (Wildman–Crippen MR) is 89.3 cm³/mol. The highest BCUT2D eigenvalue weighted by molar-refractivity contribution is 5.86. The molecule has 136 valence electrons. The van der Waals surface area contributed by atoms with Crippen molar-refractivity contribution >= 4 is 23.2 Å². The van der Waals surface area contributed by atoms with Gasteiger partial charge in [-0.1, -0.05) is 0 Å². The monoisotopic (exact) mass is 350 g/mol. The summed E-state index contributed by atoms with van der Waals surface area (Å²) in [7, 11) is 0. The van der Waals surface area contributed by atoms with Crippen LogP contribution < -0.4 is 5.32 Å². The van der Waals surface area contributed by atoms with Crippen molar-refractivity contribution in [3.8, 4) is 0 Å². The van der Waals surface area contributed by atoms with E-state index >= 15 is 0 Å². The number of hydrogen-bond acceptors (Lipinski definition) is 7. The van der Waals surface area contributed by atoms with Crippen LogP contribution >= 0.6 is 0 Å². The fourth-order valence-electron chi connectivity index (χ4n) is 1.92. The SMILES string of the molecule is CC(C)(C)OC(=O)NCCOCCOC(=O)n1ccc2cncnc21. The molecule has 25 heavy (non-hydrogen) atoms. The zero-order valence-corrected chi connectivity index (χ0v) is 14.5. The summed E-state index contributed by atoms with van der Waals surface area (Å²) in [6, 6.07) is 1.73. The van der Waals surface area contributed by atoms with E-state index in [1.54, 1.807) is 39.2 Å². The average Bonchev–Trinajstić information content (AvgIpc) is 2.96. The standard InChI is InChI=1S/C16H22N4O5/c1-16(2,3)25-14(21)18-5-7-23-8-9-24-15(22)20-6-4-12-10-17-11-19-13(12)20/h4,6,10-11H,5,7-9H2,1-3H3,(H,18,21). The summed E-state index contributed by atoms with van der Waals surface area (Å²) in [5.74, 6) is 0. The molecule has 0 aliphatic carbocycles. The number of fused-ring (bicyclic) bond motifs is 1. The van der Waals surface area contributed by atoms with Gasteiger partial charge in [-0.25, -0.2) is 24.1 Å². The average molecular weight is 350 g/mol. The molecule has 2 aromatic rings. The molecule has 1 amide bonds. The number of nitrogens with zero attached hydrogens (tertiary/aromatic N) is 3. The van der Waals surface area contributed by atoms with Crippen molar-refractivity contribution in [1.82, 2.24) is 19.9 Å². The van der Waals surface area contributed by atoms with E-state index in [0.29, 0.717) is 12.2 Å². The van der Waals surface area contributed by atoms with Crippen molar-refractivity contribution < 1.29 is 23.8 Å². The molecule has 9 nitrogen and oxygen atoms in total. The van der Waals surface area contributed by atoms with E-state index in [-0.39, 0.29) is 19.8 Å². The molecule has 0 aromatic carbocycles. The zero-order valence-electron chi connectivity index (χ0n) is 14.5. The molecule has 9 heteroatoms. The smallest absolute Gasteiger partial charge is 0.419 e. The second-order valence-electron chi connectivity index (χ2n) is 6.14. The van der Waals surface area contributed by atoms with Gasteiger partial charge in [0.15, 0.2) is 5.65 Å². The lowest BCUT2D eigenvalue weighted by Crippen LogP contribution is -2.34. The van der Waals surface area contributed by atoms with Crippen LogP contribution in [0.4, 0.5) is 9.59 Å². The zero-order chi connectivity index (χ0) is 18.3. The van der Waals surface area contributed by atoms with Gasteiger partial charge in [0.2, 0.25) is 0 Å². The third kappa shape index (κ3) is 6.03. The molecule has 0 saturated heterocycles. The van der Waals surface area contributed by atoms with Crippen molar-refractivity contribution in [2.24, 2.45) is 0 Å². The maximum atomic E-state index is 12.0. The first-order valence-electron chi connectivity index (χ1n) is 7.85. The summed E-state index contributed by atoms with van der Waals surface area (Å²) in [5.41, 5.74) is -0.0466. The fourth-order valence-corrected chi connectivity index (χ4v) is 1.92. The van der Waals surface area contributed by atoms with Crippen molar-refractivity contribution in [3.05, 3.63) is 24.8 Å². The Kier molecular flexibility index (Phi) is 6.29. The van der Waals surface area contributed by atoms with Crippen LogP contribution in [0.1, 0.15) is 20.8 Å². The molecule has 2 heterocycles. The molecule has 0 saturated carbocycles. The highest BCUT2D eigenvalue weighted by atomic mass is 16.6. The highest BCUT2D eigenvalue weighted by Gasteiger charge is 2.15. The molecular formula is C16H22N4O5. The minimum Gasteiger partial charge on any atom is -0.446 e. The molecule has 0 atom stereocenters. The minimum absolute atomic E-state index is 0.0933. The van der Waals surface area contributed by atoms with Crippen molar-refractivity contribution in [3.63, 3.8) is 0 Å². The van der Waals surface area contributed by atoms with E-state index in [4.69, 9.17) is 14.2 Å². The topological polar surface area (TPSA) is 105 Å².